The van der Waals surface area contributed by atoms with Gasteiger partial charge in [0.15, 0.2) is 0 Å². The van der Waals surface area contributed by atoms with E-state index in [2.05, 4.69) is 41.4 Å². The maximum Gasteiger partial charge on any atom is 0.0687 e. The van der Waals surface area contributed by atoms with Gasteiger partial charge in [0.2, 0.25) is 0 Å². The minimum Gasteiger partial charge on any atom is -0.392 e. The van der Waals surface area contributed by atoms with Gasteiger partial charge in [-0.05, 0) is 44.4 Å². The van der Waals surface area contributed by atoms with Crippen LogP contribution in [0.3, 0.4) is 0 Å². The Balaban J connectivity index is 2.23. The van der Waals surface area contributed by atoms with Gasteiger partial charge in [-0.25, -0.2) is 0 Å². The number of β-amino-alcohol motifs (C(OH)–C–C–N with tert-alkyl or cyclic N) is 1. The number of nitrogens with zero attached hydrogens (tertiary/aromatic N) is 1. The summed E-state index contributed by atoms with van der Waals surface area (Å²) in [5.74, 6) is 0. The molecular weight excluding hydrogens is 236 g/mol. The van der Waals surface area contributed by atoms with E-state index < -0.39 is 0 Å². The molecule has 1 aromatic rings. The summed E-state index contributed by atoms with van der Waals surface area (Å²) in [5.41, 5.74) is 2.67. The van der Waals surface area contributed by atoms with E-state index in [0.29, 0.717) is 6.04 Å². The summed E-state index contributed by atoms with van der Waals surface area (Å²) in [7, 11) is 0. The molecular formula is C16H26N2O. The largest absolute Gasteiger partial charge is 0.392 e. The van der Waals surface area contributed by atoms with Crippen molar-refractivity contribution in [2.75, 3.05) is 24.5 Å². The fraction of sp³-hybridized carbons (Fsp3) is 0.625. The summed E-state index contributed by atoms with van der Waals surface area (Å²) in [5, 5.41) is 13.3. The number of aliphatic hydroxyl groups excluding tert-OH is 1. The van der Waals surface area contributed by atoms with Crippen LogP contribution in [0.15, 0.2) is 24.3 Å². The average Bonchev–Trinajstić information content (AvgIpc) is 2.56. The van der Waals surface area contributed by atoms with Gasteiger partial charge in [0, 0.05) is 24.8 Å². The maximum absolute atomic E-state index is 9.67. The molecule has 2 rings (SSSR count). The normalized spacial score (nSPS) is 20.8. The van der Waals surface area contributed by atoms with E-state index in [9.17, 15) is 5.11 Å². The van der Waals surface area contributed by atoms with Crippen LogP contribution in [0.5, 0.6) is 0 Å². The molecule has 2 unspecified atom stereocenters. The monoisotopic (exact) mass is 262 g/mol. The Morgan fingerprint density at radius 3 is 2.95 bits per heavy atom. The van der Waals surface area contributed by atoms with Gasteiger partial charge >= 0.3 is 0 Å². The highest BCUT2D eigenvalue weighted by Crippen LogP contribution is 2.32. The van der Waals surface area contributed by atoms with Gasteiger partial charge < -0.3 is 15.3 Å². The zero-order valence-electron chi connectivity index (χ0n) is 12.1. The van der Waals surface area contributed by atoms with Gasteiger partial charge in [-0.2, -0.15) is 0 Å². The molecule has 3 nitrogen and oxygen atoms in total. The van der Waals surface area contributed by atoms with Crippen LogP contribution in [0, 0.1) is 0 Å². The van der Waals surface area contributed by atoms with E-state index in [-0.39, 0.29) is 6.10 Å². The minimum atomic E-state index is -0.284. The van der Waals surface area contributed by atoms with E-state index in [1.54, 1.807) is 0 Å². The second-order valence-electron chi connectivity index (χ2n) is 5.50. The third-order valence-corrected chi connectivity index (χ3v) is 3.70. The Morgan fingerprint density at radius 1 is 1.42 bits per heavy atom. The van der Waals surface area contributed by atoms with Crippen molar-refractivity contribution in [2.45, 2.75) is 45.3 Å². The Hall–Kier alpha value is -1.06. The SMILES string of the molecule is CCCNC1CCCN(CC(C)O)c2ccccc21. The predicted octanol–water partition coefficient (Wildman–Crippen LogP) is 2.71. The third-order valence-electron chi connectivity index (χ3n) is 3.70. The highest BCUT2D eigenvalue weighted by atomic mass is 16.3. The molecule has 19 heavy (non-hydrogen) atoms. The number of fused-ring (bicyclic) bond motifs is 1. The van der Waals surface area contributed by atoms with Gasteiger partial charge in [-0.3, -0.25) is 0 Å². The molecule has 0 aliphatic carbocycles. The van der Waals surface area contributed by atoms with Gasteiger partial charge in [0.25, 0.3) is 0 Å². The fourth-order valence-corrected chi connectivity index (χ4v) is 2.87. The molecule has 0 bridgehead atoms. The standard InChI is InChI=1S/C16H26N2O/c1-3-10-17-15-8-6-11-18(12-13(2)19)16-9-5-4-7-14(15)16/h4-5,7,9,13,15,17,19H,3,6,8,10-12H2,1-2H3. The van der Waals surface area contributed by atoms with Crippen LogP contribution in [0.4, 0.5) is 5.69 Å². The molecule has 0 amide bonds. The molecule has 2 atom stereocenters. The van der Waals surface area contributed by atoms with Crippen molar-refractivity contribution in [3.8, 4) is 0 Å². The van der Waals surface area contributed by atoms with Crippen LogP contribution < -0.4 is 10.2 Å². The van der Waals surface area contributed by atoms with Gasteiger partial charge in [0.05, 0.1) is 6.10 Å². The molecule has 1 aliphatic rings. The molecule has 2 N–H and O–H groups in total. The molecule has 1 aliphatic heterocycles. The van der Waals surface area contributed by atoms with Crippen molar-refractivity contribution in [3.05, 3.63) is 29.8 Å². The van der Waals surface area contributed by atoms with Crippen LogP contribution in [0.2, 0.25) is 0 Å². The third kappa shape index (κ3) is 3.71. The molecule has 0 fully saturated rings. The molecule has 0 saturated carbocycles. The van der Waals surface area contributed by atoms with Crippen LogP contribution in [-0.2, 0) is 0 Å². The van der Waals surface area contributed by atoms with E-state index in [0.717, 1.165) is 26.1 Å². The molecule has 0 saturated heterocycles. The summed E-state index contributed by atoms with van der Waals surface area (Å²) in [6.07, 6.45) is 3.22. The predicted molar refractivity (Wildman–Crippen MR) is 80.6 cm³/mol. The molecule has 1 aromatic carbocycles. The Labute approximate surface area is 116 Å². The zero-order chi connectivity index (χ0) is 13.7. The second kappa shape index (κ2) is 6.92. The van der Waals surface area contributed by atoms with E-state index in [1.165, 1.54) is 24.1 Å². The van der Waals surface area contributed by atoms with Crippen molar-refractivity contribution < 1.29 is 5.11 Å². The van der Waals surface area contributed by atoms with Crippen LogP contribution >= 0.6 is 0 Å². The van der Waals surface area contributed by atoms with E-state index in [4.69, 9.17) is 0 Å². The van der Waals surface area contributed by atoms with Crippen molar-refractivity contribution in [2.24, 2.45) is 0 Å². The summed E-state index contributed by atoms with van der Waals surface area (Å²) in [6.45, 7) is 6.88. The number of rotatable bonds is 5. The first-order valence-electron chi connectivity index (χ1n) is 7.47. The second-order valence-corrected chi connectivity index (χ2v) is 5.50. The number of anilines is 1. The molecule has 0 aromatic heterocycles. The maximum atomic E-state index is 9.67. The minimum absolute atomic E-state index is 0.284. The number of hydrogen-bond donors (Lipinski definition) is 2. The average molecular weight is 262 g/mol. The highest BCUT2D eigenvalue weighted by Gasteiger charge is 2.22. The number of aliphatic hydroxyl groups is 1. The molecule has 1 heterocycles. The molecule has 0 radical (unpaired) electrons. The molecule has 0 spiro atoms. The summed E-state index contributed by atoms with van der Waals surface area (Å²) in [4.78, 5) is 2.33. The lowest BCUT2D eigenvalue weighted by atomic mass is 10.0. The Bertz CT molecular complexity index is 392. The smallest absolute Gasteiger partial charge is 0.0687 e. The lowest BCUT2D eigenvalue weighted by molar-refractivity contribution is 0.200. The Kier molecular flexibility index (Phi) is 5.23. The topological polar surface area (TPSA) is 35.5 Å². The van der Waals surface area contributed by atoms with Crippen LogP contribution in [0.25, 0.3) is 0 Å². The number of benzene rings is 1. The summed E-state index contributed by atoms with van der Waals surface area (Å²) in [6, 6.07) is 9.07. The van der Waals surface area contributed by atoms with Gasteiger partial charge in [-0.1, -0.05) is 25.1 Å². The lowest BCUT2D eigenvalue weighted by Crippen LogP contribution is -2.31. The number of para-hydroxylation sites is 1. The van der Waals surface area contributed by atoms with Crippen molar-refractivity contribution in [1.29, 1.82) is 0 Å². The Morgan fingerprint density at radius 2 is 2.21 bits per heavy atom. The highest BCUT2D eigenvalue weighted by molar-refractivity contribution is 5.56. The van der Waals surface area contributed by atoms with Crippen LogP contribution in [0.1, 0.15) is 44.7 Å². The first-order chi connectivity index (χ1) is 9.22. The summed E-state index contributed by atoms with van der Waals surface area (Å²) < 4.78 is 0. The first kappa shape index (κ1) is 14.4. The van der Waals surface area contributed by atoms with Crippen molar-refractivity contribution in [1.82, 2.24) is 5.32 Å². The first-order valence-corrected chi connectivity index (χ1v) is 7.47. The van der Waals surface area contributed by atoms with E-state index >= 15 is 0 Å². The molecule has 3 heteroatoms. The van der Waals surface area contributed by atoms with E-state index in [1.807, 2.05) is 6.92 Å². The molecule has 106 valence electrons. The summed E-state index contributed by atoms with van der Waals surface area (Å²) >= 11 is 0. The zero-order valence-corrected chi connectivity index (χ0v) is 12.1. The van der Waals surface area contributed by atoms with Gasteiger partial charge in [0.1, 0.15) is 0 Å². The number of nitrogens with one attached hydrogen (secondary N) is 1. The van der Waals surface area contributed by atoms with Crippen LogP contribution in [-0.4, -0.2) is 30.8 Å². The quantitative estimate of drug-likeness (QED) is 0.856. The van der Waals surface area contributed by atoms with Crippen molar-refractivity contribution >= 4 is 5.69 Å². The van der Waals surface area contributed by atoms with Crippen molar-refractivity contribution in [3.63, 3.8) is 0 Å². The number of hydrogen-bond acceptors (Lipinski definition) is 3. The fourth-order valence-electron chi connectivity index (χ4n) is 2.87. The lowest BCUT2D eigenvalue weighted by Gasteiger charge is -2.27. The van der Waals surface area contributed by atoms with Gasteiger partial charge in [-0.15, -0.1) is 0 Å².